The van der Waals surface area contributed by atoms with E-state index in [-0.39, 0.29) is 0 Å². The van der Waals surface area contributed by atoms with Crippen LogP contribution < -0.4 is 5.32 Å². The molecule has 1 unspecified atom stereocenters. The lowest BCUT2D eigenvalue weighted by Gasteiger charge is -2.18. The van der Waals surface area contributed by atoms with Crippen LogP contribution in [-0.4, -0.2) is 6.04 Å². The maximum absolute atomic E-state index is 5.70. The number of halogens is 1. The van der Waals surface area contributed by atoms with Crippen molar-refractivity contribution < 1.29 is 4.42 Å². The van der Waals surface area contributed by atoms with E-state index in [9.17, 15) is 0 Å². The van der Waals surface area contributed by atoms with Crippen molar-refractivity contribution in [3.63, 3.8) is 0 Å². The molecule has 2 heterocycles. The van der Waals surface area contributed by atoms with Gasteiger partial charge >= 0.3 is 0 Å². The molecule has 0 aromatic carbocycles. The molecule has 0 saturated carbocycles. The van der Waals surface area contributed by atoms with Gasteiger partial charge in [0.05, 0.1) is 0 Å². The molecule has 0 amide bonds. The molecule has 0 saturated heterocycles. The fourth-order valence-corrected chi connectivity index (χ4v) is 1.61. The Hall–Kier alpha value is -0.470. The van der Waals surface area contributed by atoms with Gasteiger partial charge in [-0.1, -0.05) is 0 Å². The van der Waals surface area contributed by atoms with Gasteiger partial charge in [-0.15, -0.1) is 0 Å². The lowest BCUT2D eigenvalue weighted by atomic mass is 10.1. The highest BCUT2D eigenvalue weighted by molar-refractivity contribution is 6.28. The molecule has 60 valence electrons. The molecule has 0 fully saturated rings. The zero-order valence-corrected chi connectivity index (χ0v) is 7.11. The van der Waals surface area contributed by atoms with Crippen LogP contribution in [0.3, 0.4) is 0 Å². The summed E-state index contributed by atoms with van der Waals surface area (Å²) in [5.74, 6) is 1.04. The molecule has 1 aliphatic rings. The highest BCUT2D eigenvalue weighted by Gasteiger charge is 2.18. The maximum Gasteiger partial charge on any atom is 0.193 e. The number of nitrogens with one attached hydrogen (secondary N) is 1. The van der Waals surface area contributed by atoms with Crippen LogP contribution in [0.4, 0.5) is 0 Å². The van der Waals surface area contributed by atoms with E-state index in [1.54, 1.807) is 0 Å². The summed E-state index contributed by atoms with van der Waals surface area (Å²) >= 11 is 5.70. The third kappa shape index (κ3) is 1.28. The number of fused-ring (bicyclic) bond motifs is 1. The summed E-state index contributed by atoms with van der Waals surface area (Å²) in [6.45, 7) is 3.02. The van der Waals surface area contributed by atoms with Gasteiger partial charge in [-0.2, -0.15) is 0 Å². The van der Waals surface area contributed by atoms with E-state index in [4.69, 9.17) is 16.0 Å². The Kier molecular flexibility index (Phi) is 1.66. The summed E-state index contributed by atoms with van der Waals surface area (Å²) in [6.07, 6.45) is 0.946. The summed E-state index contributed by atoms with van der Waals surface area (Å²) in [4.78, 5) is 0. The van der Waals surface area contributed by atoms with E-state index in [0.29, 0.717) is 11.3 Å². The third-order valence-corrected chi connectivity index (χ3v) is 2.19. The van der Waals surface area contributed by atoms with Gasteiger partial charge < -0.3 is 9.73 Å². The smallest absolute Gasteiger partial charge is 0.193 e. The standard InChI is InChI=1S/C8H10ClNO/c1-5-2-7-6(4-10-5)3-8(9)11-7/h3,5,10H,2,4H2,1H3. The Labute approximate surface area is 70.5 Å². The van der Waals surface area contributed by atoms with Gasteiger partial charge in [-0.3, -0.25) is 0 Å². The fraction of sp³-hybridized carbons (Fsp3) is 0.500. The fourth-order valence-electron chi connectivity index (χ4n) is 1.39. The summed E-state index contributed by atoms with van der Waals surface area (Å²) in [5.41, 5.74) is 1.20. The van der Waals surface area contributed by atoms with Crippen molar-refractivity contribution in [3.8, 4) is 0 Å². The highest BCUT2D eigenvalue weighted by atomic mass is 35.5. The molecule has 0 spiro atoms. The zero-order chi connectivity index (χ0) is 7.84. The van der Waals surface area contributed by atoms with Crippen molar-refractivity contribution in [3.05, 3.63) is 22.6 Å². The molecule has 3 heteroatoms. The molecule has 0 radical (unpaired) electrons. The van der Waals surface area contributed by atoms with Gasteiger partial charge in [0.1, 0.15) is 5.76 Å². The maximum atomic E-state index is 5.70. The average molecular weight is 172 g/mol. The van der Waals surface area contributed by atoms with Crippen LogP contribution in [0, 0.1) is 0 Å². The molecule has 1 atom stereocenters. The second-order valence-corrected chi connectivity index (χ2v) is 3.36. The Morgan fingerprint density at radius 3 is 3.36 bits per heavy atom. The van der Waals surface area contributed by atoms with Gasteiger partial charge in [0, 0.05) is 30.6 Å². The van der Waals surface area contributed by atoms with Crippen molar-refractivity contribution in [2.75, 3.05) is 0 Å². The molecule has 1 N–H and O–H groups in total. The van der Waals surface area contributed by atoms with Crippen molar-refractivity contribution in [2.45, 2.75) is 25.9 Å². The summed E-state index contributed by atoms with van der Waals surface area (Å²) in [7, 11) is 0. The number of rotatable bonds is 0. The predicted octanol–water partition coefficient (Wildman–Crippen LogP) is 1.97. The van der Waals surface area contributed by atoms with Crippen LogP contribution in [0.5, 0.6) is 0 Å². The molecular weight excluding hydrogens is 162 g/mol. The third-order valence-electron chi connectivity index (χ3n) is 2.00. The first-order chi connectivity index (χ1) is 5.25. The van der Waals surface area contributed by atoms with Gasteiger partial charge in [0.15, 0.2) is 5.22 Å². The van der Waals surface area contributed by atoms with Crippen LogP contribution in [0.1, 0.15) is 18.2 Å². The number of hydrogen-bond acceptors (Lipinski definition) is 2. The Bertz CT molecular complexity index is 269. The minimum Gasteiger partial charge on any atom is -0.449 e. The molecule has 2 rings (SSSR count). The molecule has 1 aliphatic heterocycles. The Balaban J connectivity index is 2.34. The molecule has 1 aromatic heterocycles. The Morgan fingerprint density at radius 1 is 1.73 bits per heavy atom. The first-order valence-electron chi connectivity index (χ1n) is 3.76. The average Bonchev–Trinajstić information content (AvgIpc) is 2.27. The lowest BCUT2D eigenvalue weighted by Crippen LogP contribution is -2.31. The summed E-state index contributed by atoms with van der Waals surface area (Å²) < 4.78 is 5.30. The van der Waals surface area contributed by atoms with Crippen LogP contribution in [0.15, 0.2) is 10.5 Å². The summed E-state index contributed by atoms with van der Waals surface area (Å²) in [6, 6.07) is 2.39. The summed E-state index contributed by atoms with van der Waals surface area (Å²) in [5, 5.41) is 3.84. The van der Waals surface area contributed by atoms with Crippen molar-refractivity contribution in [1.82, 2.24) is 5.32 Å². The van der Waals surface area contributed by atoms with E-state index in [1.165, 1.54) is 5.56 Å². The molecular formula is C8H10ClNO. The number of hydrogen-bond donors (Lipinski definition) is 1. The Morgan fingerprint density at radius 2 is 2.55 bits per heavy atom. The van der Waals surface area contributed by atoms with E-state index >= 15 is 0 Å². The van der Waals surface area contributed by atoms with Crippen molar-refractivity contribution in [1.29, 1.82) is 0 Å². The van der Waals surface area contributed by atoms with Gasteiger partial charge in [-0.25, -0.2) is 0 Å². The van der Waals surface area contributed by atoms with Gasteiger partial charge in [0.25, 0.3) is 0 Å². The lowest BCUT2D eigenvalue weighted by molar-refractivity contribution is 0.426. The van der Waals surface area contributed by atoms with E-state index in [2.05, 4.69) is 12.2 Å². The minimum atomic E-state index is 0.504. The monoisotopic (exact) mass is 171 g/mol. The normalized spacial score (nSPS) is 23.3. The zero-order valence-electron chi connectivity index (χ0n) is 6.36. The van der Waals surface area contributed by atoms with Crippen LogP contribution in [-0.2, 0) is 13.0 Å². The number of furan rings is 1. The minimum absolute atomic E-state index is 0.504. The van der Waals surface area contributed by atoms with Gasteiger partial charge in [-0.05, 0) is 18.5 Å². The first kappa shape index (κ1) is 7.19. The van der Waals surface area contributed by atoms with E-state index in [0.717, 1.165) is 18.7 Å². The van der Waals surface area contributed by atoms with Crippen molar-refractivity contribution in [2.24, 2.45) is 0 Å². The second-order valence-electron chi connectivity index (χ2n) is 2.98. The topological polar surface area (TPSA) is 25.2 Å². The molecule has 1 aromatic rings. The van der Waals surface area contributed by atoms with Crippen LogP contribution >= 0.6 is 11.6 Å². The van der Waals surface area contributed by atoms with E-state index < -0.39 is 0 Å². The molecule has 2 nitrogen and oxygen atoms in total. The molecule has 0 aliphatic carbocycles. The van der Waals surface area contributed by atoms with Crippen molar-refractivity contribution >= 4 is 11.6 Å². The largest absolute Gasteiger partial charge is 0.449 e. The SMILES string of the molecule is CC1Cc2oc(Cl)cc2CN1. The molecule has 11 heavy (non-hydrogen) atoms. The van der Waals surface area contributed by atoms with Crippen LogP contribution in [0.2, 0.25) is 5.22 Å². The second kappa shape index (κ2) is 2.54. The first-order valence-corrected chi connectivity index (χ1v) is 4.14. The quantitative estimate of drug-likeness (QED) is 0.646. The van der Waals surface area contributed by atoms with E-state index in [1.807, 2.05) is 6.07 Å². The predicted molar refractivity (Wildman–Crippen MR) is 43.7 cm³/mol. The highest BCUT2D eigenvalue weighted by Crippen LogP contribution is 2.23. The van der Waals surface area contributed by atoms with Crippen LogP contribution in [0.25, 0.3) is 0 Å². The molecule has 0 bridgehead atoms. The van der Waals surface area contributed by atoms with Gasteiger partial charge in [0.2, 0.25) is 0 Å².